The maximum absolute atomic E-state index is 10.9. The van der Waals surface area contributed by atoms with Crippen molar-refractivity contribution in [1.29, 1.82) is 0 Å². The van der Waals surface area contributed by atoms with E-state index in [-0.39, 0.29) is 0 Å². The summed E-state index contributed by atoms with van der Waals surface area (Å²) in [4.78, 5) is 10.9. The highest BCUT2D eigenvalue weighted by molar-refractivity contribution is 5.88. The molecule has 6 heteroatoms. The third kappa shape index (κ3) is 1.47. The van der Waals surface area contributed by atoms with Crippen LogP contribution in [-0.4, -0.2) is 57.4 Å². The van der Waals surface area contributed by atoms with Gasteiger partial charge in [-0.1, -0.05) is 0 Å². The molecule has 0 aromatic heterocycles. The van der Waals surface area contributed by atoms with Gasteiger partial charge < -0.3 is 25.2 Å². The molecule has 4 atom stereocenters. The normalized spacial score (nSPS) is 43.2. The van der Waals surface area contributed by atoms with Crippen LogP contribution in [0.3, 0.4) is 0 Å². The van der Waals surface area contributed by atoms with Gasteiger partial charge >= 0.3 is 0 Å². The summed E-state index contributed by atoms with van der Waals surface area (Å²) in [5.41, 5.74) is 0. The van der Waals surface area contributed by atoms with E-state index in [2.05, 4.69) is 4.74 Å². The summed E-state index contributed by atoms with van der Waals surface area (Å²) in [5, 5.41) is 35.3. The van der Waals surface area contributed by atoms with Gasteiger partial charge in [-0.05, 0) is 0 Å². The Morgan fingerprint density at radius 1 is 1.25 bits per heavy atom. The monoisotopic (exact) mass is 178 g/mol. The smallest absolute Gasteiger partial charge is 0.197 e. The van der Waals surface area contributed by atoms with Gasteiger partial charge in [-0.25, -0.2) is 0 Å². The molecule has 1 aliphatic heterocycles. The summed E-state index contributed by atoms with van der Waals surface area (Å²) in [5.74, 6) is -0.937. The standard InChI is InChI=1S/C6H10O6/c7-1-2-3(8)4(9)5(10)6(11)12-2/h2-3,5-8,10-11H,1H2/t2?,3-,5?,6-/m1/s1. The van der Waals surface area contributed by atoms with E-state index in [4.69, 9.17) is 20.4 Å². The molecule has 0 spiro atoms. The minimum absolute atomic E-state index is 0.587. The van der Waals surface area contributed by atoms with Crippen LogP contribution in [0.1, 0.15) is 0 Å². The number of carbonyl (C=O) groups is 1. The molecule has 1 rings (SSSR count). The van der Waals surface area contributed by atoms with Crippen molar-refractivity contribution in [3.05, 3.63) is 0 Å². The lowest BCUT2D eigenvalue weighted by atomic mass is 10.0. The molecule has 6 nitrogen and oxygen atoms in total. The highest BCUT2D eigenvalue weighted by Gasteiger charge is 2.42. The van der Waals surface area contributed by atoms with Crippen LogP contribution < -0.4 is 0 Å². The molecule has 0 aromatic rings. The van der Waals surface area contributed by atoms with Crippen LogP contribution in [0.2, 0.25) is 0 Å². The first kappa shape index (κ1) is 9.56. The summed E-state index contributed by atoms with van der Waals surface area (Å²) in [6, 6.07) is 0. The zero-order valence-electron chi connectivity index (χ0n) is 6.12. The molecule has 4 N–H and O–H groups in total. The highest BCUT2D eigenvalue weighted by atomic mass is 16.6. The quantitative estimate of drug-likeness (QED) is 0.340. The molecule has 0 saturated carbocycles. The molecule has 0 amide bonds. The largest absolute Gasteiger partial charge is 0.394 e. The first-order chi connectivity index (χ1) is 5.57. The Labute approximate surface area is 68.0 Å². The SMILES string of the molecule is O=C1C(O)[C@H](O)OC(CO)[C@H]1O. The second kappa shape index (κ2) is 3.46. The Morgan fingerprint density at radius 3 is 2.33 bits per heavy atom. The molecule has 70 valence electrons. The molecule has 1 saturated heterocycles. The van der Waals surface area contributed by atoms with Gasteiger partial charge in [-0.2, -0.15) is 0 Å². The highest BCUT2D eigenvalue weighted by Crippen LogP contribution is 2.15. The number of aliphatic hydroxyl groups is 4. The van der Waals surface area contributed by atoms with E-state index in [1.54, 1.807) is 0 Å². The van der Waals surface area contributed by atoms with E-state index < -0.39 is 37.0 Å². The Balaban J connectivity index is 2.70. The zero-order chi connectivity index (χ0) is 9.30. The summed E-state index contributed by atoms with van der Waals surface area (Å²) in [6.07, 6.45) is -6.13. The van der Waals surface area contributed by atoms with Gasteiger partial charge in [0.2, 0.25) is 0 Å². The van der Waals surface area contributed by atoms with Crippen LogP contribution in [0.5, 0.6) is 0 Å². The average molecular weight is 178 g/mol. The topological polar surface area (TPSA) is 107 Å². The first-order valence-corrected chi connectivity index (χ1v) is 3.42. The summed E-state index contributed by atoms with van der Waals surface area (Å²) >= 11 is 0. The van der Waals surface area contributed by atoms with Crippen molar-refractivity contribution in [3.8, 4) is 0 Å². The Bertz CT molecular complexity index is 181. The van der Waals surface area contributed by atoms with Crippen molar-refractivity contribution in [2.45, 2.75) is 24.6 Å². The molecule has 0 aliphatic carbocycles. The van der Waals surface area contributed by atoms with Crippen molar-refractivity contribution >= 4 is 5.78 Å². The maximum atomic E-state index is 10.9. The lowest BCUT2D eigenvalue weighted by Crippen LogP contribution is -2.55. The molecule has 0 bridgehead atoms. The number of hydrogen-bond donors (Lipinski definition) is 4. The average Bonchev–Trinajstić information content (AvgIpc) is 2.08. The van der Waals surface area contributed by atoms with Crippen molar-refractivity contribution in [1.82, 2.24) is 0 Å². The van der Waals surface area contributed by atoms with Gasteiger partial charge in [-0.15, -0.1) is 0 Å². The van der Waals surface area contributed by atoms with Crippen LogP contribution in [0.4, 0.5) is 0 Å². The lowest BCUT2D eigenvalue weighted by molar-refractivity contribution is -0.238. The molecule has 0 radical (unpaired) electrons. The number of ether oxygens (including phenoxy) is 1. The van der Waals surface area contributed by atoms with E-state index in [1.807, 2.05) is 0 Å². The zero-order valence-corrected chi connectivity index (χ0v) is 6.12. The molecular weight excluding hydrogens is 168 g/mol. The van der Waals surface area contributed by atoms with Crippen molar-refractivity contribution in [2.24, 2.45) is 0 Å². The van der Waals surface area contributed by atoms with Gasteiger partial charge in [0.25, 0.3) is 0 Å². The van der Waals surface area contributed by atoms with Crippen LogP contribution >= 0.6 is 0 Å². The summed E-state index contributed by atoms with van der Waals surface area (Å²) < 4.78 is 4.52. The summed E-state index contributed by atoms with van der Waals surface area (Å²) in [6.45, 7) is -0.587. The fraction of sp³-hybridized carbons (Fsp3) is 0.833. The number of Topliss-reactive ketones (excluding diaryl/α,β-unsaturated/α-hetero) is 1. The minimum Gasteiger partial charge on any atom is -0.394 e. The van der Waals surface area contributed by atoms with Crippen LogP contribution in [-0.2, 0) is 9.53 Å². The Hall–Kier alpha value is -0.530. The third-order valence-electron chi connectivity index (χ3n) is 1.70. The first-order valence-electron chi connectivity index (χ1n) is 3.42. The lowest BCUT2D eigenvalue weighted by Gasteiger charge is -2.32. The third-order valence-corrected chi connectivity index (χ3v) is 1.70. The van der Waals surface area contributed by atoms with E-state index in [1.165, 1.54) is 0 Å². The molecule has 0 aromatic carbocycles. The van der Waals surface area contributed by atoms with E-state index in [0.717, 1.165) is 0 Å². The number of aliphatic hydroxyl groups excluding tert-OH is 4. The molecule has 12 heavy (non-hydrogen) atoms. The fourth-order valence-electron chi connectivity index (χ4n) is 0.969. The molecule has 1 aliphatic rings. The number of ketones is 1. The minimum atomic E-state index is -1.73. The van der Waals surface area contributed by atoms with Crippen LogP contribution in [0.25, 0.3) is 0 Å². The molecule has 2 unspecified atom stereocenters. The Kier molecular flexibility index (Phi) is 2.76. The maximum Gasteiger partial charge on any atom is 0.197 e. The summed E-state index contributed by atoms with van der Waals surface area (Å²) in [7, 11) is 0. The van der Waals surface area contributed by atoms with Gasteiger partial charge in [0.1, 0.15) is 12.2 Å². The van der Waals surface area contributed by atoms with E-state index in [0.29, 0.717) is 0 Å². The van der Waals surface area contributed by atoms with Gasteiger partial charge in [0.15, 0.2) is 18.2 Å². The predicted molar refractivity (Wildman–Crippen MR) is 35.0 cm³/mol. The second-order valence-corrected chi connectivity index (χ2v) is 2.54. The van der Waals surface area contributed by atoms with Crippen molar-refractivity contribution in [3.63, 3.8) is 0 Å². The van der Waals surface area contributed by atoms with Crippen LogP contribution in [0, 0.1) is 0 Å². The van der Waals surface area contributed by atoms with Crippen molar-refractivity contribution < 1.29 is 30.0 Å². The van der Waals surface area contributed by atoms with Gasteiger partial charge in [0.05, 0.1) is 6.61 Å². The second-order valence-electron chi connectivity index (χ2n) is 2.54. The Morgan fingerprint density at radius 2 is 1.83 bits per heavy atom. The van der Waals surface area contributed by atoms with E-state index in [9.17, 15) is 4.79 Å². The predicted octanol–water partition coefficient (Wildman–Crippen LogP) is -3.01. The van der Waals surface area contributed by atoms with E-state index >= 15 is 0 Å². The van der Waals surface area contributed by atoms with Gasteiger partial charge in [-0.3, -0.25) is 4.79 Å². The number of carbonyl (C=O) groups excluding carboxylic acids is 1. The fourth-order valence-corrected chi connectivity index (χ4v) is 0.969. The van der Waals surface area contributed by atoms with Crippen LogP contribution in [0.15, 0.2) is 0 Å². The molecule has 1 fully saturated rings. The van der Waals surface area contributed by atoms with Gasteiger partial charge in [0, 0.05) is 0 Å². The number of hydrogen-bond acceptors (Lipinski definition) is 6. The molecule has 1 heterocycles. The van der Waals surface area contributed by atoms with Crippen molar-refractivity contribution in [2.75, 3.05) is 6.61 Å². The number of rotatable bonds is 1. The molecular formula is C6H10O6.